The average molecular weight is 421 g/mol. The van der Waals surface area contributed by atoms with Crippen LogP contribution in [0.25, 0.3) is 0 Å². The molecule has 2 aliphatic rings. The Morgan fingerprint density at radius 1 is 1.16 bits per heavy atom. The maximum atomic E-state index is 13.3. The summed E-state index contributed by atoms with van der Waals surface area (Å²) in [6.07, 6.45) is 2.23. The molecule has 1 aliphatic heterocycles. The third kappa shape index (κ3) is 3.87. The van der Waals surface area contributed by atoms with E-state index >= 15 is 0 Å². The van der Waals surface area contributed by atoms with Crippen LogP contribution in [0.15, 0.2) is 48.5 Å². The number of imide groups is 1. The van der Waals surface area contributed by atoms with Gasteiger partial charge in [-0.05, 0) is 55.0 Å². The Kier molecular flexibility index (Phi) is 5.67. The minimum Gasteiger partial charge on any atom is -0.494 e. The van der Waals surface area contributed by atoms with Crippen molar-refractivity contribution in [2.24, 2.45) is 0 Å². The fourth-order valence-corrected chi connectivity index (χ4v) is 4.43. The van der Waals surface area contributed by atoms with Gasteiger partial charge in [0.15, 0.2) is 0 Å². The number of benzene rings is 2. The lowest BCUT2D eigenvalue weighted by molar-refractivity contribution is -0.139. The molecular weight excluding hydrogens is 394 g/mol. The highest BCUT2D eigenvalue weighted by molar-refractivity contribution is 6.09. The van der Waals surface area contributed by atoms with Gasteiger partial charge in [0.05, 0.1) is 6.61 Å². The van der Waals surface area contributed by atoms with Crippen LogP contribution in [0, 0.1) is 0 Å². The van der Waals surface area contributed by atoms with E-state index in [0.717, 1.165) is 40.2 Å². The number of aryl methyl sites for hydroxylation is 1. The van der Waals surface area contributed by atoms with Crippen LogP contribution >= 0.6 is 0 Å². The van der Waals surface area contributed by atoms with Crippen LogP contribution in [0.3, 0.4) is 0 Å². The van der Waals surface area contributed by atoms with Crippen molar-refractivity contribution >= 4 is 17.8 Å². The lowest BCUT2D eigenvalue weighted by atomic mass is 9.76. The van der Waals surface area contributed by atoms with Gasteiger partial charge < -0.3 is 15.0 Å². The fraction of sp³-hybridized carbons (Fsp3) is 0.375. The Morgan fingerprint density at radius 3 is 2.65 bits per heavy atom. The number of rotatable bonds is 6. The van der Waals surface area contributed by atoms with E-state index in [-0.39, 0.29) is 18.4 Å². The highest BCUT2D eigenvalue weighted by Crippen LogP contribution is 2.39. The summed E-state index contributed by atoms with van der Waals surface area (Å²) in [4.78, 5) is 41.4. The van der Waals surface area contributed by atoms with Crippen molar-refractivity contribution in [3.63, 3.8) is 0 Å². The molecule has 31 heavy (non-hydrogen) atoms. The summed E-state index contributed by atoms with van der Waals surface area (Å²) in [7, 11) is 1.67. The molecule has 1 N–H and O–H groups in total. The van der Waals surface area contributed by atoms with Gasteiger partial charge in [0.2, 0.25) is 5.91 Å². The topological polar surface area (TPSA) is 79.0 Å². The van der Waals surface area contributed by atoms with Crippen molar-refractivity contribution in [1.82, 2.24) is 15.1 Å². The molecule has 1 atom stereocenters. The van der Waals surface area contributed by atoms with E-state index in [9.17, 15) is 14.4 Å². The maximum absolute atomic E-state index is 13.3. The number of carbonyl (C=O) groups excluding carboxylic acids is 3. The van der Waals surface area contributed by atoms with Gasteiger partial charge in [0.1, 0.15) is 17.8 Å². The van der Waals surface area contributed by atoms with E-state index in [4.69, 9.17) is 4.74 Å². The van der Waals surface area contributed by atoms with Crippen molar-refractivity contribution in [3.8, 4) is 5.75 Å². The summed E-state index contributed by atoms with van der Waals surface area (Å²) in [5.41, 5.74) is 1.80. The molecule has 1 fully saturated rings. The van der Waals surface area contributed by atoms with Crippen LogP contribution in [0.4, 0.5) is 4.79 Å². The summed E-state index contributed by atoms with van der Waals surface area (Å²) in [5, 5.41) is 2.89. The van der Waals surface area contributed by atoms with Gasteiger partial charge >= 0.3 is 6.03 Å². The Labute approximate surface area is 182 Å². The number of urea groups is 1. The lowest BCUT2D eigenvalue weighted by Gasteiger charge is -2.33. The molecule has 0 radical (unpaired) electrons. The summed E-state index contributed by atoms with van der Waals surface area (Å²) >= 11 is 0. The van der Waals surface area contributed by atoms with Gasteiger partial charge in [-0.15, -0.1) is 0 Å². The molecule has 4 amide bonds. The van der Waals surface area contributed by atoms with Gasteiger partial charge in [-0.25, -0.2) is 4.79 Å². The minimum absolute atomic E-state index is 0.276. The number of nitrogens with zero attached hydrogens (tertiary/aromatic N) is 2. The molecule has 1 spiro atoms. The number of likely N-dealkylation sites (N-methyl/N-ethyl adjacent to an activating group) is 1. The smallest absolute Gasteiger partial charge is 0.325 e. The quantitative estimate of drug-likeness (QED) is 0.728. The summed E-state index contributed by atoms with van der Waals surface area (Å²) in [6, 6.07) is 14.7. The molecule has 2 aromatic carbocycles. The Morgan fingerprint density at radius 2 is 1.90 bits per heavy atom. The SMILES string of the molecule is CCOc1ccc(CN(C)C(=O)CN2C(=O)N[C@@]3(CCCc4ccccc43)C2=O)cc1. The highest BCUT2D eigenvalue weighted by atomic mass is 16.5. The van der Waals surface area contributed by atoms with Crippen LogP contribution < -0.4 is 10.1 Å². The van der Waals surface area contributed by atoms with Crippen LogP contribution in [0.5, 0.6) is 5.75 Å². The number of hydrogen-bond acceptors (Lipinski definition) is 4. The van der Waals surface area contributed by atoms with E-state index in [1.54, 1.807) is 7.05 Å². The van der Waals surface area contributed by atoms with E-state index in [0.29, 0.717) is 19.6 Å². The van der Waals surface area contributed by atoms with Gasteiger partial charge in [0.25, 0.3) is 5.91 Å². The molecule has 7 nitrogen and oxygen atoms in total. The van der Waals surface area contributed by atoms with Crippen LogP contribution in [0.1, 0.15) is 36.5 Å². The van der Waals surface area contributed by atoms with Crippen LogP contribution in [-0.2, 0) is 28.1 Å². The third-order valence-corrected chi connectivity index (χ3v) is 6.02. The second-order valence-corrected chi connectivity index (χ2v) is 8.06. The Balaban J connectivity index is 1.45. The number of carbonyl (C=O) groups is 3. The summed E-state index contributed by atoms with van der Waals surface area (Å²) in [5.74, 6) is 0.142. The molecule has 0 unspecified atom stereocenters. The van der Waals surface area contributed by atoms with E-state index in [1.165, 1.54) is 4.90 Å². The number of ether oxygens (including phenoxy) is 1. The highest BCUT2D eigenvalue weighted by Gasteiger charge is 2.54. The predicted octanol–water partition coefficient (Wildman–Crippen LogP) is 2.83. The predicted molar refractivity (Wildman–Crippen MR) is 115 cm³/mol. The first-order valence-electron chi connectivity index (χ1n) is 10.6. The van der Waals surface area contributed by atoms with Gasteiger partial charge in [0, 0.05) is 13.6 Å². The molecule has 0 saturated carbocycles. The second-order valence-electron chi connectivity index (χ2n) is 8.06. The van der Waals surface area contributed by atoms with E-state index in [2.05, 4.69) is 5.32 Å². The van der Waals surface area contributed by atoms with E-state index < -0.39 is 11.6 Å². The average Bonchev–Trinajstić information content (AvgIpc) is 3.00. The van der Waals surface area contributed by atoms with Gasteiger partial charge in [-0.1, -0.05) is 36.4 Å². The first kappa shape index (κ1) is 20.9. The van der Waals surface area contributed by atoms with Gasteiger partial charge in [-0.2, -0.15) is 0 Å². The normalized spacial score (nSPS) is 19.9. The van der Waals surface area contributed by atoms with E-state index in [1.807, 2.05) is 55.5 Å². The molecule has 0 aromatic heterocycles. The fourth-order valence-electron chi connectivity index (χ4n) is 4.43. The zero-order valence-electron chi connectivity index (χ0n) is 17.9. The number of hydrogen-bond donors (Lipinski definition) is 1. The van der Waals surface area contributed by atoms with Crippen LogP contribution in [-0.4, -0.2) is 47.8 Å². The summed E-state index contributed by atoms with van der Waals surface area (Å²) in [6.45, 7) is 2.62. The molecule has 7 heteroatoms. The monoisotopic (exact) mass is 421 g/mol. The van der Waals surface area contributed by atoms with Crippen molar-refractivity contribution < 1.29 is 19.1 Å². The van der Waals surface area contributed by atoms with Gasteiger partial charge in [-0.3, -0.25) is 14.5 Å². The molecule has 162 valence electrons. The number of amides is 4. The lowest BCUT2D eigenvalue weighted by Crippen LogP contribution is -2.47. The first-order chi connectivity index (χ1) is 14.9. The van der Waals surface area contributed by atoms with Crippen molar-refractivity contribution in [1.29, 1.82) is 0 Å². The summed E-state index contributed by atoms with van der Waals surface area (Å²) < 4.78 is 5.44. The molecular formula is C24H27N3O4. The Bertz CT molecular complexity index is 1000. The first-order valence-corrected chi connectivity index (χ1v) is 10.6. The molecule has 0 bridgehead atoms. The minimum atomic E-state index is -1.06. The number of nitrogens with one attached hydrogen (secondary N) is 1. The molecule has 1 saturated heterocycles. The van der Waals surface area contributed by atoms with Crippen molar-refractivity contribution in [2.45, 2.75) is 38.3 Å². The van der Waals surface area contributed by atoms with Crippen molar-refractivity contribution in [2.75, 3.05) is 20.2 Å². The third-order valence-electron chi connectivity index (χ3n) is 6.02. The molecule has 4 rings (SSSR count). The second kappa shape index (κ2) is 8.41. The standard InChI is InChI=1S/C24H27N3O4/c1-3-31-19-12-10-17(11-13-19)15-26(2)21(28)16-27-22(29)24(25-23(27)30)14-6-8-18-7-4-5-9-20(18)24/h4-5,7,9-13H,3,6,8,14-16H2,1-2H3,(H,25,30)/t24-/m1/s1. The van der Waals surface area contributed by atoms with Crippen molar-refractivity contribution in [3.05, 3.63) is 65.2 Å². The van der Waals surface area contributed by atoms with Crippen LogP contribution in [0.2, 0.25) is 0 Å². The number of fused-ring (bicyclic) bond motifs is 2. The Hall–Kier alpha value is -3.35. The maximum Gasteiger partial charge on any atom is 0.325 e. The zero-order valence-corrected chi connectivity index (χ0v) is 17.9. The molecule has 1 heterocycles. The molecule has 2 aromatic rings. The zero-order chi connectivity index (χ0) is 22.0. The largest absolute Gasteiger partial charge is 0.494 e. The molecule has 1 aliphatic carbocycles.